The molecule has 2 amide bonds. The van der Waals surface area contributed by atoms with E-state index in [1.54, 1.807) is 18.2 Å². The Kier molecular flexibility index (Phi) is 5.25. The molecule has 2 aromatic carbocycles. The summed E-state index contributed by atoms with van der Waals surface area (Å²) in [6.45, 7) is 3.55. The lowest BCUT2D eigenvalue weighted by Gasteiger charge is -2.47. The van der Waals surface area contributed by atoms with Crippen LogP contribution in [0, 0.1) is 0 Å². The number of benzene rings is 2. The Balaban J connectivity index is 1.60. The van der Waals surface area contributed by atoms with Crippen LogP contribution in [0.1, 0.15) is 46.9 Å². The smallest absolute Gasteiger partial charge is 0.257 e. The molecule has 0 radical (unpaired) electrons. The molecule has 9 heteroatoms. The number of nitrogens with two attached hydrogens (primary N) is 1. The molecule has 0 aromatic heterocycles. The van der Waals surface area contributed by atoms with Gasteiger partial charge in [0.25, 0.3) is 11.8 Å². The molecule has 2 aliphatic heterocycles. The quantitative estimate of drug-likeness (QED) is 0.776. The van der Waals surface area contributed by atoms with Crippen LogP contribution in [0.15, 0.2) is 47.4 Å². The van der Waals surface area contributed by atoms with Crippen molar-refractivity contribution >= 4 is 33.2 Å². The van der Waals surface area contributed by atoms with E-state index < -0.39 is 10.0 Å². The average Bonchev–Trinajstić information content (AvgIpc) is 2.73. The van der Waals surface area contributed by atoms with E-state index in [-0.39, 0.29) is 22.9 Å². The van der Waals surface area contributed by atoms with E-state index in [1.165, 1.54) is 24.3 Å². The summed E-state index contributed by atoms with van der Waals surface area (Å²) in [6.07, 6.45) is 3.05. The third-order valence-corrected chi connectivity index (χ3v) is 6.60. The van der Waals surface area contributed by atoms with Crippen molar-refractivity contribution in [3.8, 4) is 0 Å². The standard InChI is InChI=1S/C21H24N4O4S/c1-2-24-18-13-14(6-11-17(18)21(27)25-12-4-3-5-19(24)25)20(26)23-15-7-9-16(10-8-15)30(22,28)29/h6-11,13,19H,2-5,12H2,1H3,(H,23,26)(H2,22,28,29)/t19-/m1/s1. The number of anilines is 2. The molecule has 8 nitrogen and oxygen atoms in total. The zero-order valence-electron chi connectivity index (χ0n) is 16.7. The molecule has 4 rings (SSSR count). The third kappa shape index (κ3) is 3.66. The van der Waals surface area contributed by atoms with Crippen molar-refractivity contribution < 1.29 is 18.0 Å². The maximum absolute atomic E-state index is 12.9. The highest BCUT2D eigenvalue weighted by Crippen LogP contribution is 2.35. The van der Waals surface area contributed by atoms with Gasteiger partial charge in [0, 0.05) is 24.3 Å². The van der Waals surface area contributed by atoms with Crippen molar-refractivity contribution in [2.75, 3.05) is 23.3 Å². The highest BCUT2D eigenvalue weighted by Gasteiger charge is 2.38. The number of nitrogens with one attached hydrogen (secondary N) is 1. The normalized spacial score (nSPS) is 18.6. The number of sulfonamides is 1. The van der Waals surface area contributed by atoms with Crippen LogP contribution in [-0.2, 0) is 10.0 Å². The Bertz CT molecular complexity index is 1100. The van der Waals surface area contributed by atoms with Gasteiger partial charge in [-0.05, 0) is 68.7 Å². The summed E-state index contributed by atoms with van der Waals surface area (Å²) < 4.78 is 22.7. The molecule has 1 fully saturated rings. The minimum Gasteiger partial charge on any atom is -0.351 e. The van der Waals surface area contributed by atoms with E-state index in [0.717, 1.165) is 38.0 Å². The van der Waals surface area contributed by atoms with Crippen molar-refractivity contribution in [3.63, 3.8) is 0 Å². The number of fused-ring (bicyclic) bond motifs is 2. The largest absolute Gasteiger partial charge is 0.351 e. The molecule has 3 N–H and O–H groups in total. The van der Waals surface area contributed by atoms with E-state index >= 15 is 0 Å². The third-order valence-electron chi connectivity index (χ3n) is 5.67. The summed E-state index contributed by atoms with van der Waals surface area (Å²) in [6, 6.07) is 10.8. The average molecular weight is 429 g/mol. The number of hydrogen-bond acceptors (Lipinski definition) is 5. The van der Waals surface area contributed by atoms with Crippen molar-refractivity contribution in [1.29, 1.82) is 0 Å². The molecule has 1 atom stereocenters. The first-order chi connectivity index (χ1) is 14.3. The Morgan fingerprint density at radius 2 is 1.90 bits per heavy atom. The van der Waals surface area contributed by atoms with Gasteiger partial charge < -0.3 is 15.1 Å². The molecule has 0 bridgehead atoms. The molecule has 0 aliphatic carbocycles. The predicted molar refractivity (Wildman–Crippen MR) is 114 cm³/mol. The Labute approximate surface area is 175 Å². The van der Waals surface area contributed by atoms with Crippen LogP contribution in [-0.4, -0.2) is 44.4 Å². The van der Waals surface area contributed by atoms with Crippen molar-refractivity contribution in [2.24, 2.45) is 5.14 Å². The van der Waals surface area contributed by atoms with Gasteiger partial charge in [0.1, 0.15) is 6.17 Å². The molecule has 158 valence electrons. The van der Waals surface area contributed by atoms with E-state index in [9.17, 15) is 18.0 Å². The second-order valence-electron chi connectivity index (χ2n) is 7.52. The van der Waals surface area contributed by atoms with Gasteiger partial charge in [-0.15, -0.1) is 0 Å². The Hall–Kier alpha value is -2.91. The molecule has 0 spiro atoms. The molecule has 2 aliphatic rings. The maximum atomic E-state index is 12.9. The van der Waals surface area contributed by atoms with Crippen molar-refractivity contribution in [2.45, 2.75) is 37.2 Å². The zero-order valence-corrected chi connectivity index (χ0v) is 17.5. The molecule has 1 saturated heterocycles. The van der Waals surface area contributed by atoms with E-state index in [4.69, 9.17) is 5.14 Å². The number of rotatable bonds is 4. The van der Waals surface area contributed by atoms with Gasteiger partial charge >= 0.3 is 0 Å². The molecule has 2 heterocycles. The molecular formula is C21H24N4O4S. The topological polar surface area (TPSA) is 113 Å². The zero-order chi connectivity index (χ0) is 21.5. The van der Waals surface area contributed by atoms with E-state index in [1.807, 2.05) is 11.8 Å². The van der Waals surface area contributed by atoms with Crippen LogP contribution in [0.2, 0.25) is 0 Å². The second kappa shape index (κ2) is 7.73. The van der Waals surface area contributed by atoms with E-state index in [2.05, 4.69) is 10.2 Å². The summed E-state index contributed by atoms with van der Waals surface area (Å²) in [5.41, 5.74) is 2.28. The minimum atomic E-state index is -3.79. The molecule has 30 heavy (non-hydrogen) atoms. The van der Waals surface area contributed by atoms with Crippen LogP contribution < -0.4 is 15.4 Å². The predicted octanol–water partition coefficient (Wildman–Crippen LogP) is 2.38. The van der Waals surface area contributed by atoms with Gasteiger partial charge in [-0.2, -0.15) is 0 Å². The minimum absolute atomic E-state index is 0.0185. The lowest BCUT2D eigenvalue weighted by atomic mass is 9.97. The van der Waals surface area contributed by atoms with Crippen LogP contribution in [0.4, 0.5) is 11.4 Å². The number of piperidine rings is 1. The lowest BCUT2D eigenvalue weighted by molar-refractivity contribution is 0.0582. The van der Waals surface area contributed by atoms with Crippen LogP contribution >= 0.6 is 0 Å². The monoisotopic (exact) mass is 428 g/mol. The maximum Gasteiger partial charge on any atom is 0.257 e. The summed E-state index contributed by atoms with van der Waals surface area (Å²) in [7, 11) is -3.79. The van der Waals surface area contributed by atoms with E-state index in [0.29, 0.717) is 16.8 Å². The fraction of sp³-hybridized carbons (Fsp3) is 0.333. The Morgan fingerprint density at radius 1 is 1.17 bits per heavy atom. The van der Waals surface area contributed by atoms with Gasteiger partial charge in [-0.1, -0.05) is 0 Å². The number of nitrogens with zero attached hydrogens (tertiary/aromatic N) is 2. The van der Waals surface area contributed by atoms with Crippen LogP contribution in [0.25, 0.3) is 0 Å². The lowest BCUT2D eigenvalue weighted by Crippen LogP contribution is -2.57. The summed E-state index contributed by atoms with van der Waals surface area (Å²) in [5, 5.41) is 7.85. The van der Waals surface area contributed by atoms with Gasteiger partial charge in [-0.3, -0.25) is 9.59 Å². The molecular weight excluding hydrogens is 404 g/mol. The van der Waals surface area contributed by atoms with Gasteiger partial charge in [0.05, 0.1) is 16.1 Å². The van der Waals surface area contributed by atoms with Crippen LogP contribution in [0.3, 0.4) is 0 Å². The first kappa shape index (κ1) is 20.4. The van der Waals surface area contributed by atoms with Crippen molar-refractivity contribution in [1.82, 2.24) is 4.90 Å². The van der Waals surface area contributed by atoms with Crippen LogP contribution in [0.5, 0.6) is 0 Å². The Morgan fingerprint density at radius 3 is 2.57 bits per heavy atom. The SMILES string of the molecule is CCN1c2cc(C(=O)Nc3ccc(S(N)(=O)=O)cc3)ccc2C(=O)N2CCCC[C@@H]21. The number of hydrogen-bond donors (Lipinski definition) is 2. The fourth-order valence-corrected chi connectivity index (χ4v) is 4.71. The summed E-state index contributed by atoms with van der Waals surface area (Å²) in [4.78, 5) is 29.8. The number of carbonyl (C=O) groups excluding carboxylic acids is 2. The highest BCUT2D eigenvalue weighted by atomic mass is 32.2. The summed E-state index contributed by atoms with van der Waals surface area (Å²) >= 11 is 0. The first-order valence-electron chi connectivity index (χ1n) is 9.95. The van der Waals surface area contributed by atoms with Gasteiger partial charge in [0.15, 0.2) is 0 Å². The molecule has 2 aromatic rings. The van der Waals surface area contributed by atoms with Gasteiger partial charge in [-0.25, -0.2) is 13.6 Å². The molecule has 0 saturated carbocycles. The van der Waals surface area contributed by atoms with Crippen molar-refractivity contribution in [3.05, 3.63) is 53.6 Å². The fourth-order valence-electron chi connectivity index (χ4n) is 4.19. The van der Waals surface area contributed by atoms with Gasteiger partial charge in [0.2, 0.25) is 10.0 Å². The number of carbonyl (C=O) groups is 2. The number of primary sulfonamides is 1. The molecule has 0 unspecified atom stereocenters. The highest BCUT2D eigenvalue weighted by molar-refractivity contribution is 7.89. The first-order valence-corrected chi connectivity index (χ1v) is 11.5. The second-order valence-corrected chi connectivity index (χ2v) is 9.08. The summed E-state index contributed by atoms with van der Waals surface area (Å²) in [5.74, 6) is -0.319. The number of amides is 2.